The van der Waals surface area contributed by atoms with E-state index in [0.29, 0.717) is 12.1 Å². The highest BCUT2D eigenvalue weighted by atomic mass is 32.2. The highest BCUT2D eigenvalue weighted by Gasteiger charge is 2.49. The van der Waals surface area contributed by atoms with E-state index < -0.39 is 41.9 Å². The molecule has 1 fully saturated rings. The lowest BCUT2D eigenvalue weighted by molar-refractivity contribution is -0.154. The minimum atomic E-state index is -3.82. The molecule has 2 unspecified atom stereocenters. The van der Waals surface area contributed by atoms with Crippen LogP contribution >= 0.6 is 0 Å². The molecule has 1 aromatic rings. The Balaban J connectivity index is 2.20. The molecule has 1 saturated heterocycles. The van der Waals surface area contributed by atoms with Gasteiger partial charge in [-0.05, 0) is 37.1 Å². The molecule has 168 valence electrons. The fraction of sp³-hybridized carbons (Fsp3) is 0.455. The minimum absolute atomic E-state index is 0.194. The number of esters is 2. The predicted octanol–water partition coefficient (Wildman–Crippen LogP) is 3.04. The van der Waals surface area contributed by atoms with Crippen LogP contribution in [0.2, 0.25) is 19.6 Å². The Morgan fingerprint density at radius 2 is 1.61 bits per heavy atom. The van der Waals surface area contributed by atoms with E-state index >= 15 is 0 Å². The van der Waals surface area contributed by atoms with E-state index in [1.165, 1.54) is 18.5 Å². The fourth-order valence-electron chi connectivity index (χ4n) is 4.44. The number of methoxy groups -OCH3 is 2. The van der Waals surface area contributed by atoms with Crippen molar-refractivity contribution >= 4 is 30.0 Å². The smallest absolute Gasteiger partial charge is 0.313 e. The van der Waals surface area contributed by atoms with Crippen molar-refractivity contribution in [3.63, 3.8) is 0 Å². The molecule has 2 atom stereocenters. The van der Waals surface area contributed by atoms with E-state index in [1.54, 1.807) is 30.3 Å². The number of allylic oxidation sites excluding steroid dienone is 1. The van der Waals surface area contributed by atoms with Gasteiger partial charge in [-0.2, -0.15) is 0 Å². The number of hydrogen-bond acceptors (Lipinski definition) is 6. The summed E-state index contributed by atoms with van der Waals surface area (Å²) in [4.78, 5) is 25.6. The lowest BCUT2D eigenvalue weighted by Crippen LogP contribution is -2.43. The number of benzene rings is 1. The molecule has 2 aliphatic rings. The lowest BCUT2D eigenvalue weighted by Gasteiger charge is -2.36. The zero-order valence-electron chi connectivity index (χ0n) is 18.8. The molecular formula is C22H29NO6SSi. The molecule has 9 heteroatoms. The van der Waals surface area contributed by atoms with Gasteiger partial charge in [0.25, 0.3) is 10.0 Å². The summed E-state index contributed by atoms with van der Waals surface area (Å²) in [6, 6.07) is 6.69. The Morgan fingerprint density at radius 3 is 2.13 bits per heavy atom. The molecule has 0 bridgehead atoms. The third-order valence-corrected chi connectivity index (χ3v) is 9.88. The van der Waals surface area contributed by atoms with E-state index in [1.807, 2.05) is 6.92 Å². The van der Waals surface area contributed by atoms with E-state index in [4.69, 9.17) is 9.47 Å². The van der Waals surface area contributed by atoms with Crippen LogP contribution in [0.15, 0.2) is 51.7 Å². The number of fused-ring (bicyclic) bond motifs is 1. The first-order chi connectivity index (χ1) is 14.4. The van der Waals surface area contributed by atoms with Gasteiger partial charge in [-0.15, -0.1) is 0 Å². The Morgan fingerprint density at radius 1 is 1.03 bits per heavy atom. The number of aryl methyl sites for hydroxylation is 1. The average Bonchev–Trinajstić information content (AvgIpc) is 3.15. The summed E-state index contributed by atoms with van der Waals surface area (Å²) in [6.45, 7) is 8.40. The van der Waals surface area contributed by atoms with Gasteiger partial charge >= 0.3 is 11.9 Å². The van der Waals surface area contributed by atoms with E-state index in [9.17, 15) is 18.0 Å². The molecule has 3 rings (SSSR count). The number of sulfonamides is 1. The summed E-state index contributed by atoms with van der Waals surface area (Å²) < 4.78 is 38.3. The minimum Gasteiger partial charge on any atom is -0.469 e. The SMILES string of the molecule is COC(=O)C1C=C2C(=C([Si](C)(C)C)C1C(=O)OC)CCN2S(=O)(=O)c1ccc(C)cc1. The number of ether oxygens (including phenoxy) is 2. The van der Waals surface area contributed by atoms with E-state index in [-0.39, 0.29) is 11.4 Å². The van der Waals surface area contributed by atoms with Gasteiger partial charge in [-0.1, -0.05) is 42.5 Å². The third kappa shape index (κ3) is 4.08. The summed E-state index contributed by atoms with van der Waals surface area (Å²) in [5.41, 5.74) is 2.28. The maximum atomic E-state index is 13.4. The molecular weight excluding hydrogens is 434 g/mol. The number of rotatable bonds is 5. The Bertz CT molecular complexity index is 1070. The Kier molecular flexibility index (Phi) is 6.21. The molecule has 1 aliphatic heterocycles. The third-order valence-electron chi connectivity index (χ3n) is 5.82. The lowest BCUT2D eigenvalue weighted by atomic mass is 9.83. The summed E-state index contributed by atoms with van der Waals surface area (Å²) in [6.07, 6.45) is 2.06. The van der Waals surface area contributed by atoms with Crippen molar-refractivity contribution in [2.75, 3.05) is 20.8 Å². The molecule has 0 N–H and O–H groups in total. The summed E-state index contributed by atoms with van der Waals surface area (Å²) >= 11 is 0. The van der Waals surface area contributed by atoms with Crippen LogP contribution < -0.4 is 0 Å². The van der Waals surface area contributed by atoms with Crippen molar-refractivity contribution in [1.82, 2.24) is 4.31 Å². The highest BCUT2D eigenvalue weighted by molar-refractivity contribution is 7.89. The summed E-state index contributed by atoms with van der Waals surface area (Å²) in [5.74, 6) is -2.83. The second-order valence-corrected chi connectivity index (χ2v) is 15.8. The molecule has 1 heterocycles. The molecule has 0 radical (unpaired) electrons. The highest BCUT2D eigenvalue weighted by Crippen LogP contribution is 2.46. The molecule has 1 aromatic carbocycles. The molecule has 1 aliphatic carbocycles. The maximum Gasteiger partial charge on any atom is 0.313 e. The largest absolute Gasteiger partial charge is 0.469 e. The molecule has 7 nitrogen and oxygen atoms in total. The first-order valence-corrected chi connectivity index (χ1v) is 15.1. The van der Waals surface area contributed by atoms with Gasteiger partial charge in [0.1, 0.15) is 0 Å². The molecule has 0 aromatic heterocycles. The zero-order valence-corrected chi connectivity index (χ0v) is 20.6. The van der Waals surface area contributed by atoms with Gasteiger partial charge < -0.3 is 9.47 Å². The number of nitrogens with zero attached hydrogens (tertiary/aromatic N) is 1. The first kappa shape index (κ1) is 23.3. The quantitative estimate of drug-likeness (QED) is 0.493. The van der Waals surface area contributed by atoms with Crippen LogP contribution in [0.3, 0.4) is 0 Å². The first-order valence-electron chi connectivity index (χ1n) is 10.1. The van der Waals surface area contributed by atoms with Gasteiger partial charge in [0, 0.05) is 6.54 Å². The topological polar surface area (TPSA) is 90.0 Å². The molecule has 0 amide bonds. The molecule has 0 spiro atoms. The van der Waals surface area contributed by atoms with Gasteiger partial charge in [-0.3, -0.25) is 13.9 Å². The summed E-state index contributed by atoms with van der Waals surface area (Å²) in [7, 11) is -3.41. The van der Waals surface area contributed by atoms with Crippen LogP contribution in [-0.2, 0) is 29.1 Å². The van der Waals surface area contributed by atoms with Crippen LogP contribution in [0.4, 0.5) is 0 Å². The van der Waals surface area contributed by atoms with Crippen LogP contribution in [0.5, 0.6) is 0 Å². The van der Waals surface area contributed by atoms with Gasteiger partial charge in [0.2, 0.25) is 0 Å². The van der Waals surface area contributed by atoms with Crippen LogP contribution in [0.1, 0.15) is 12.0 Å². The number of hydrogen-bond donors (Lipinski definition) is 0. The van der Waals surface area contributed by atoms with Crippen molar-refractivity contribution in [3.8, 4) is 0 Å². The Hall–Kier alpha value is -2.39. The molecule has 31 heavy (non-hydrogen) atoms. The average molecular weight is 464 g/mol. The van der Waals surface area contributed by atoms with Crippen molar-refractivity contribution < 1.29 is 27.5 Å². The van der Waals surface area contributed by atoms with Crippen LogP contribution in [0.25, 0.3) is 0 Å². The van der Waals surface area contributed by atoms with E-state index in [0.717, 1.165) is 16.3 Å². The van der Waals surface area contributed by atoms with E-state index in [2.05, 4.69) is 19.6 Å². The van der Waals surface area contributed by atoms with Crippen molar-refractivity contribution in [2.24, 2.45) is 11.8 Å². The number of carbonyl (C=O) groups excluding carboxylic acids is 2. The monoisotopic (exact) mass is 463 g/mol. The normalized spacial score (nSPS) is 21.5. The zero-order chi connectivity index (χ0) is 23.1. The molecule has 0 saturated carbocycles. The standard InChI is InChI=1S/C22H29NO6SSi/c1-14-7-9-15(10-8-14)30(26,27)23-12-11-16-18(23)13-17(21(24)28-2)19(22(25)29-3)20(16)31(4,5)6/h7-10,13,17,19H,11-12H2,1-6H3. The van der Waals surface area contributed by atoms with Gasteiger partial charge in [-0.25, -0.2) is 8.42 Å². The van der Waals surface area contributed by atoms with Crippen LogP contribution in [-0.4, -0.2) is 53.5 Å². The summed E-state index contributed by atoms with van der Waals surface area (Å²) in [5, 5.41) is 0.855. The second-order valence-electron chi connectivity index (χ2n) is 8.88. The predicted molar refractivity (Wildman–Crippen MR) is 119 cm³/mol. The van der Waals surface area contributed by atoms with Crippen molar-refractivity contribution in [3.05, 3.63) is 52.4 Å². The van der Waals surface area contributed by atoms with Crippen LogP contribution in [0, 0.1) is 18.8 Å². The van der Waals surface area contributed by atoms with Crippen molar-refractivity contribution in [2.45, 2.75) is 37.9 Å². The van der Waals surface area contributed by atoms with Gasteiger partial charge in [0.05, 0.1) is 44.7 Å². The Labute approximate surface area is 184 Å². The van der Waals surface area contributed by atoms with Crippen molar-refractivity contribution in [1.29, 1.82) is 0 Å². The second kappa shape index (κ2) is 8.27. The van der Waals surface area contributed by atoms with Gasteiger partial charge in [0.15, 0.2) is 0 Å². The fourth-order valence-corrected chi connectivity index (χ4v) is 8.33. The maximum absolute atomic E-state index is 13.4. The number of carbonyl (C=O) groups is 2.